The van der Waals surface area contributed by atoms with E-state index < -0.39 is 4.92 Å². The van der Waals surface area contributed by atoms with Gasteiger partial charge in [0.2, 0.25) is 0 Å². The number of pyridine rings is 1. The summed E-state index contributed by atoms with van der Waals surface area (Å²) >= 11 is 3.26. The van der Waals surface area contributed by atoms with Gasteiger partial charge in [0.05, 0.1) is 4.92 Å². The number of nitrogens with zero attached hydrogens (tertiary/aromatic N) is 3. The van der Waals surface area contributed by atoms with E-state index in [9.17, 15) is 10.1 Å². The summed E-state index contributed by atoms with van der Waals surface area (Å²) in [7, 11) is 0. The zero-order valence-corrected chi connectivity index (χ0v) is 10.6. The van der Waals surface area contributed by atoms with E-state index in [-0.39, 0.29) is 0 Å². The summed E-state index contributed by atoms with van der Waals surface area (Å²) in [5.41, 5.74) is 1.02. The molecule has 1 saturated heterocycles. The van der Waals surface area contributed by atoms with Gasteiger partial charge < -0.3 is 10.2 Å². The molecule has 6 nitrogen and oxygen atoms in total. The van der Waals surface area contributed by atoms with Crippen molar-refractivity contribution < 1.29 is 4.92 Å². The molecule has 1 aliphatic rings. The molecule has 0 amide bonds. The van der Waals surface area contributed by atoms with Crippen LogP contribution < -0.4 is 5.32 Å². The number of hydrogen-bond donors (Lipinski definition) is 1. The molecule has 17 heavy (non-hydrogen) atoms. The second kappa shape index (κ2) is 5.13. The number of hydrogen-bond acceptors (Lipinski definition) is 5. The van der Waals surface area contributed by atoms with Gasteiger partial charge in [0.25, 0.3) is 6.20 Å². The zero-order valence-electron chi connectivity index (χ0n) is 8.97. The van der Waals surface area contributed by atoms with Crippen LogP contribution in [0.5, 0.6) is 0 Å². The molecule has 0 bridgehead atoms. The summed E-state index contributed by atoms with van der Waals surface area (Å²) < 4.78 is 0.779. The summed E-state index contributed by atoms with van der Waals surface area (Å²) in [6.45, 7) is 2.10. The predicted molar refractivity (Wildman–Crippen MR) is 65.4 cm³/mol. The lowest BCUT2D eigenvalue weighted by Crippen LogP contribution is -2.20. The number of nitro groups is 1. The first-order valence-electron chi connectivity index (χ1n) is 5.10. The smallest absolute Gasteiger partial charge is 0.274 e. The Balaban J connectivity index is 2.07. The fraction of sp³-hybridized carbons (Fsp3) is 0.300. The normalized spacial score (nSPS) is 17.2. The van der Waals surface area contributed by atoms with Crippen LogP contribution in [0.4, 0.5) is 0 Å². The van der Waals surface area contributed by atoms with Gasteiger partial charge >= 0.3 is 0 Å². The molecule has 2 heterocycles. The lowest BCUT2D eigenvalue weighted by atomic mass is 10.3. The second-order valence-electron chi connectivity index (χ2n) is 3.64. The molecule has 90 valence electrons. The minimum atomic E-state index is -0.444. The van der Waals surface area contributed by atoms with E-state index in [1.54, 1.807) is 6.20 Å². The lowest BCUT2D eigenvalue weighted by molar-refractivity contribution is -0.404. The molecule has 0 atom stereocenters. The zero-order chi connectivity index (χ0) is 12.3. The van der Waals surface area contributed by atoms with Crippen molar-refractivity contribution >= 4 is 15.9 Å². The monoisotopic (exact) mass is 298 g/mol. The third-order valence-electron chi connectivity index (χ3n) is 2.42. The maximum absolute atomic E-state index is 10.4. The van der Waals surface area contributed by atoms with Crippen LogP contribution in [0.3, 0.4) is 0 Å². The highest BCUT2D eigenvalue weighted by molar-refractivity contribution is 9.10. The van der Waals surface area contributed by atoms with Crippen LogP contribution in [0.25, 0.3) is 0 Å². The second-order valence-corrected chi connectivity index (χ2v) is 4.45. The highest BCUT2D eigenvalue weighted by Gasteiger charge is 2.19. The molecule has 0 unspecified atom stereocenters. The molecule has 1 N–H and O–H groups in total. The Morgan fingerprint density at radius 1 is 1.65 bits per heavy atom. The topological polar surface area (TPSA) is 71.3 Å². The fourth-order valence-corrected chi connectivity index (χ4v) is 1.90. The Kier molecular flexibility index (Phi) is 3.58. The number of halogens is 1. The summed E-state index contributed by atoms with van der Waals surface area (Å²) in [5.74, 6) is 0.554. The van der Waals surface area contributed by atoms with E-state index in [4.69, 9.17) is 0 Å². The average Bonchev–Trinajstić information content (AvgIpc) is 2.68. The number of nitrogens with one attached hydrogen (secondary N) is 1. The van der Waals surface area contributed by atoms with E-state index in [2.05, 4.69) is 26.2 Å². The Morgan fingerprint density at radius 3 is 3.12 bits per heavy atom. The van der Waals surface area contributed by atoms with Crippen LogP contribution in [0.1, 0.15) is 5.56 Å². The molecule has 1 aromatic rings. The van der Waals surface area contributed by atoms with E-state index in [0.29, 0.717) is 12.4 Å². The largest absolute Gasteiger partial charge is 0.365 e. The fourth-order valence-electron chi connectivity index (χ4n) is 1.66. The predicted octanol–water partition coefficient (Wildman–Crippen LogP) is 1.32. The molecule has 0 aliphatic carbocycles. The van der Waals surface area contributed by atoms with Gasteiger partial charge in [-0.25, -0.2) is 4.98 Å². The van der Waals surface area contributed by atoms with Crippen LogP contribution >= 0.6 is 15.9 Å². The van der Waals surface area contributed by atoms with E-state index in [0.717, 1.165) is 29.5 Å². The van der Waals surface area contributed by atoms with Gasteiger partial charge in [-0.05, 0) is 27.6 Å². The molecule has 1 aliphatic heterocycles. The summed E-state index contributed by atoms with van der Waals surface area (Å²) in [6.07, 6.45) is 2.76. The highest BCUT2D eigenvalue weighted by Crippen LogP contribution is 2.14. The summed E-state index contributed by atoms with van der Waals surface area (Å²) in [6, 6.07) is 3.80. The molecular formula is C10H11BrN4O2. The van der Waals surface area contributed by atoms with Crippen molar-refractivity contribution in [2.24, 2.45) is 0 Å². The van der Waals surface area contributed by atoms with Gasteiger partial charge in [0.15, 0.2) is 5.82 Å². The van der Waals surface area contributed by atoms with Crippen molar-refractivity contribution in [2.45, 2.75) is 6.54 Å². The van der Waals surface area contributed by atoms with Crippen LogP contribution in [-0.4, -0.2) is 27.9 Å². The van der Waals surface area contributed by atoms with Crippen molar-refractivity contribution in [3.05, 3.63) is 50.6 Å². The lowest BCUT2D eigenvalue weighted by Gasteiger charge is -2.16. The highest BCUT2D eigenvalue weighted by atomic mass is 79.9. The molecule has 0 aromatic carbocycles. The molecule has 7 heteroatoms. The maximum atomic E-state index is 10.4. The summed E-state index contributed by atoms with van der Waals surface area (Å²) in [5, 5.41) is 13.4. The summed E-state index contributed by atoms with van der Waals surface area (Å²) in [4.78, 5) is 16.0. The Morgan fingerprint density at radius 2 is 2.47 bits per heavy atom. The van der Waals surface area contributed by atoms with Crippen molar-refractivity contribution in [2.75, 3.05) is 13.1 Å². The SMILES string of the molecule is O=[N+]([O-])C=C1NCCN1Cc1ccc(Br)nc1. The third kappa shape index (κ3) is 3.16. The van der Waals surface area contributed by atoms with Crippen LogP contribution in [0.15, 0.2) is 35.0 Å². The van der Waals surface area contributed by atoms with E-state index in [1.807, 2.05) is 17.0 Å². The first kappa shape index (κ1) is 11.8. The number of rotatable bonds is 3. The molecule has 0 radical (unpaired) electrons. The molecule has 2 rings (SSSR count). The third-order valence-corrected chi connectivity index (χ3v) is 2.89. The molecule has 1 fully saturated rings. The van der Waals surface area contributed by atoms with Crippen molar-refractivity contribution in [3.63, 3.8) is 0 Å². The first-order chi connectivity index (χ1) is 8.15. The van der Waals surface area contributed by atoms with Gasteiger partial charge in [-0.1, -0.05) is 6.07 Å². The Hall–Kier alpha value is -1.63. The van der Waals surface area contributed by atoms with Gasteiger partial charge in [0, 0.05) is 25.8 Å². The molecular weight excluding hydrogens is 288 g/mol. The van der Waals surface area contributed by atoms with E-state index >= 15 is 0 Å². The Bertz CT molecular complexity index is 446. The molecule has 0 saturated carbocycles. The average molecular weight is 299 g/mol. The van der Waals surface area contributed by atoms with Gasteiger partial charge in [-0.15, -0.1) is 0 Å². The van der Waals surface area contributed by atoms with Gasteiger partial charge in [-0.2, -0.15) is 0 Å². The standard InChI is InChI=1S/C10H11BrN4O2/c11-9-2-1-8(5-13-9)6-14-4-3-12-10(14)7-15(16)17/h1-2,5,7,12H,3-4,6H2. The first-order valence-corrected chi connectivity index (χ1v) is 5.89. The maximum Gasteiger partial charge on any atom is 0.274 e. The molecule has 0 spiro atoms. The Labute approximate surface area is 107 Å². The van der Waals surface area contributed by atoms with Crippen LogP contribution in [0, 0.1) is 10.1 Å². The molecule has 1 aromatic heterocycles. The van der Waals surface area contributed by atoms with Crippen molar-refractivity contribution in [3.8, 4) is 0 Å². The number of aromatic nitrogens is 1. The quantitative estimate of drug-likeness (QED) is 0.518. The van der Waals surface area contributed by atoms with Crippen molar-refractivity contribution in [1.29, 1.82) is 0 Å². The van der Waals surface area contributed by atoms with Gasteiger partial charge in [0.1, 0.15) is 4.60 Å². The van der Waals surface area contributed by atoms with Crippen LogP contribution in [-0.2, 0) is 6.54 Å². The van der Waals surface area contributed by atoms with Gasteiger partial charge in [-0.3, -0.25) is 10.1 Å². The van der Waals surface area contributed by atoms with Crippen molar-refractivity contribution in [1.82, 2.24) is 15.2 Å². The van der Waals surface area contributed by atoms with Crippen LogP contribution in [0.2, 0.25) is 0 Å². The van der Waals surface area contributed by atoms with E-state index in [1.165, 1.54) is 0 Å². The minimum absolute atomic E-state index is 0.444. The minimum Gasteiger partial charge on any atom is -0.365 e.